The number of aliphatic hydroxyl groups excluding tert-OH is 1. The quantitative estimate of drug-likeness (QED) is 0.376. The molecule has 0 aliphatic carbocycles. The number of aliphatic hydroxyl groups is 1. The maximum atomic E-state index is 13.4. The van der Waals surface area contributed by atoms with Crippen molar-refractivity contribution in [3.05, 3.63) is 65.2 Å². The van der Waals surface area contributed by atoms with Crippen LogP contribution in [-0.2, 0) is 32.2 Å². The summed E-state index contributed by atoms with van der Waals surface area (Å²) >= 11 is 0. The van der Waals surface area contributed by atoms with E-state index in [1.165, 1.54) is 11.8 Å². The highest BCUT2D eigenvalue weighted by atomic mass is 16.5. The molecule has 2 heterocycles. The second-order valence-corrected chi connectivity index (χ2v) is 10.9. The number of ether oxygens (including phenoxy) is 2. The van der Waals surface area contributed by atoms with Crippen molar-refractivity contribution in [1.29, 1.82) is 0 Å². The highest BCUT2D eigenvalue weighted by Gasteiger charge is 2.30. The molecule has 4 rings (SSSR count). The fraction of sp³-hybridized carbons (Fsp3) is 0.484. The summed E-state index contributed by atoms with van der Waals surface area (Å²) in [5.41, 5.74) is 2.25. The van der Waals surface area contributed by atoms with Crippen molar-refractivity contribution in [1.82, 2.24) is 25.8 Å². The standard InChI is InChI=1S/C31H41N5O7/c1-21(37)28-31(41)35(2)12-17-43-26-9-4-3-8-24(26)29(39)33-25(10-11-27(38)34-28)30(40)32-19-22-6-5-7-23(18-22)20-36-13-15-42-16-14-36/h3-9,18,21,25,28,37H,10-17,19-20H2,1-2H3,(H,32,40)(H,33,39)(H,34,38)/t21-,25+,28+/m1/s1. The number of hydrogen-bond donors (Lipinski definition) is 4. The number of likely N-dealkylation sites (N-methyl/N-ethyl adjacent to an activating group) is 1. The van der Waals surface area contributed by atoms with E-state index in [2.05, 4.69) is 20.9 Å². The predicted molar refractivity (Wildman–Crippen MR) is 158 cm³/mol. The molecular weight excluding hydrogens is 554 g/mol. The zero-order valence-corrected chi connectivity index (χ0v) is 24.7. The van der Waals surface area contributed by atoms with Crippen LogP contribution in [0.5, 0.6) is 5.75 Å². The SMILES string of the molecule is C[C@@H](O)[C@@H]1NC(=O)CC[C@@H](C(=O)NCc2cccc(CN3CCOCC3)c2)NC(=O)c2ccccc2OCCN(C)C1=O. The third kappa shape index (κ3) is 9.24. The Labute approximate surface area is 251 Å². The Kier molecular flexibility index (Phi) is 11.5. The zero-order chi connectivity index (χ0) is 30.8. The molecule has 4 amide bonds. The number of nitrogens with zero attached hydrogens (tertiary/aromatic N) is 2. The van der Waals surface area contributed by atoms with Gasteiger partial charge >= 0.3 is 0 Å². The van der Waals surface area contributed by atoms with E-state index in [0.717, 1.165) is 30.8 Å². The molecule has 1 fully saturated rings. The summed E-state index contributed by atoms with van der Waals surface area (Å²) in [6, 6.07) is 12.4. The second kappa shape index (κ2) is 15.5. The molecule has 2 aromatic carbocycles. The second-order valence-electron chi connectivity index (χ2n) is 10.9. The summed E-state index contributed by atoms with van der Waals surface area (Å²) in [6.45, 7) is 5.83. The van der Waals surface area contributed by atoms with E-state index in [-0.39, 0.29) is 38.1 Å². The van der Waals surface area contributed by atoms with Gasteiger partial charge in [-0.15, -0.1) is 0 Å². The highest BCUT2D eigenvalue weighted by Crippen LogP contribution is 2.19. The Morgan fingerprint density at radius 2 is 1.77 bits per heavy atom. The summed E-state index contributed by atoms with van der Waals surface area (Å²) in [4.78, 5) is 56.2. The van der Waals surface area contributed by atoms with Gasteiger partial charge in [0.15, 0.2) is 0 Å². The fourth-order valence-corrected chi connectivity index (χ4v) is 5.00. The summed E-state index contributed by atoms with van der Waals surface area (Å²) in [5.74, 6) is -1.68. The van der Waals surface area contributed by atoms with Crippen LogP contribution in [0.4, 0.5) is 0 Å². The Balaban J connectivity index is 1.48. The minimum Gasteiger partial charge on any atom is -0.491 e. The summed E-state index contributed by atoms with van der Waals surface area (Å²) in [7, 11) is 1.54. The smallest absolute Gasteiger partial charge is 0.255 e. The van der Waals surface area contributed by atoms with Gasteiger partial charge < -0.3 is 35.4 Å². The van der Waals surface area contributed by atoms with Crippen LogP contribution in [0.25, 0.3) is 0 Å². The van der Waals surface area contributed by atoms with Crippen LogP contribution in [0.2, 0.25) is 0 Å². The van der Waals surface area contributed by atoms with Crippen molar-refractivity contribution in [3.63, 3.8) is 0 Å². The van der Waals surface area contributed by atoms with Crippen molar-refractivity contribution in [2.45, 2.75) is 51.0 Å². The molecule has 2 aromatic rings. The molecule has 0 unspecified atom stereocenters. The normalized spacial score (nSPS) is 21.7. The van der Waals surface area contributed by atoms with Gasteiger partial charge in [0.05, 0.1) is 31.4 Å². The van der Waals surface area contributed by atoms with E-state index in [4.69, 9.17) is 9.47 Å². The molecular formula is C31H41N5O7. The van der Waals surface area contributed by atoms with Gasteiger partial charge in [-0.25, -0.2) is 0 Å². The van der Waals surface area contributed by atoms with E-state index in [9.17, 15) is 24.3 Å². The lowest BCUT2D eigenvalue weighted by Gasteiger charge is -2.26. The van der Waals surface area contributed by atoms with E-state index in [0.29, 0.717) is 19.0 Å². The molecule has 0 saturated carbocycles. The number of carbonyl (C=O) groups excluding carboxylic acids is 4. The predicted octanol–water partition coefficient (Wildman–Crippen LogP) is 0.430. The summed E-state index contributed by atoms with van der Waals surface area (Å²) in [5, 5.41) is 18.4. The molecule has 12 heteroatoms. The van der Waals surface area contributed by atoms with Crippen molar-refractivity contribution < 1.29 is 33.8 Å². The number of morpholine rings is 1. The lowest BCUT2D eigenvalue weighted by atomic mass is 10.1. The average molecular weight is 596 g/mol. The number of hydrogen-bond acceptors (Lipinski definition) is 8. The van der Waals surface area contributed by atoms with Gasteiger partial charge in [-0.05, 0) is 36.6 Å². The third-order valence-electron chi connectivity index (χ3n) is 7.51. The first-order valence-electron chi connectivity index (χ1n) is 14.6. The minimum atomic E-state index is -1.17. The van der Waals surface area contributed by atoms with Crippen molar-refractivity contribution in [3.8, 4) is 5.75 Å². The van der Waals surface area contributed by atoms with Crippen LogP contribution in [0.1, 0.15) is 41.3 Å². The first-order chi connectivity index (χ1) is 20.7. The monoisotopic (exact) mass is 595 g/mol. The third-order valence-corrected chi connectivity index (χ3v) is 7.51. The summed E-state index contributed by atoms with van der Waals surface area (Å²) < 4.78 is 11.2. The Morgan fingerprint density at radius 1 is 1.02 bits per heavy atom. The van der Waals surface area contributed by atoms with Gasteiger partial charge in [0, 0.05) is 39.6 Å². The molecule has 3 atom stereocenters. The van der Waals surface area contributed by atoms with Crippen LogP contribution in [-0.4, -0.2) is 103 Å². The number of benzene rings is 2. The number of carbonyl (C=O) groups is 4. The molecule has 0 aromatic heterocycles. The van der Waals surface area contributed by atoms with E-state index in [1.807, 2.05) is 24.3 Å². The topological polar surface area (TPSA) is 150 Å². The van der Waals surface area contributed by atoms with Gasteiger partial charge in [-0.3, -0.25) is 24.1 Å². The largest absolute Gasteiger partial charge is 0.491 e. The Morgan fingerprint density at radius 3 is 2.53 bits per heavy atom. The molecule has 2 aliphatic heterocycles. The zero-order valence-electron chi connectivity index (χ0n) is 24.7. The van der Waals surface area contributed by atoms with Crippen molar-refractivity contribution in [2.24, 2.45) is 0 Å². The van der Waals surface area contributed by atoms with E-state index >= 15 is 0 Å². The lowest BCUT2D eigenvalue weighted by Crippen LogP contribution is -2.53. The van der Waals surface area contributed by atoms with Gasteiger partial charge in [-0.2, -0.15) is 0 Å². The maximum Gasteiger partial charge on any atom is 0.255 e. The van der Waals surface area contributed by atoms with Gasteiger partial charge in [0.2, 0.25) is 17.7 Å². The number of nitrogens with one attached hydrogen (secondary N) is 3. The lowest BCUT2D eigenvalue weighted by molar-refractivity contribution is -0.138. The van der Waals surface area contributed by atoms with Crippen LogP contribution >= 0.6 is 0 Å². The molecule has 43 heavy (non-hydrogen) atoms. The Bertz CT molecular complexity index is 1280. The molecule has 232 valence electrons. The van der Waals surface area contributed by atoms with Crippen molar-refractivity contribution >= 4 is 23.6 Å². The highest BCUT2D eigenvalue weighted by molar-refractivity contribution is 5.99. The van der Waals surface area contributed by atoms with Gasteiger partial charge in [-0.1, -0.05) is 36.4 Å². The molecule has 0 radical (unpaired) electrons. The molecule has 4 N–H and O–H groups in total. The van der Waals surface area contributed by atoms with Gasteiger partial charge in [0.25, 0.3) is 5.91 Å². The minimum absolute atomic E-state index is 0.0277. The molecule has 2 aliphatic rings. The van der Waals surface area contributed by atoms with Gasteiger partial charge in [0.1, 0.15) is 24.4 Å². The molecule has 1 saturated heterocycles. The van der Waals surface area contributed by atoms with E-state index in [1.54, 1.807) is 31.3 Å². The fourth-order valence-electron chi connectivity index (χ4n) is 5.00. The first kappa shape index (κ1) is 31.9. The van der Waals surface area contributed by atoms with E-state index < -0.39 is 41.8 Å². The number of para-hydroxylation sites is 1. The molecule has 12 nitrogen and oxygen atoms in total. The Hall–Kier alpha value is -4.00. The van der Waals surface area contributed by atoms with Crippen molar-refractivity contribution in [2.75, 3.05) is 46.5 Å². The molecule has 0 bridgehead atoms. The van der Waals surface area contributed by atoms with Crippen LogP contribution in [0.3, 0.4) is 0 Å². The summed E-state index contributed by atoms with van der Waals surface area (Å²) in [6.07, 6.45) is -1.33. The molecule has 0 spiro atoms. The maximum absolute atomic E-state index is 13.4. The number of fused-ring (bicyclic) bond motifs is 1. The average Bonchev–Trinajstić information content (AvgIpc) is 3.00. The number of rotatable bonds is 6. The first-order valence-corrected chi connectivity index (χ1v) is 14.6. The van der Waals surface area contributed by atoms with Crippen LogP contribution in [0, 0.1) is 0 Å². The van der Waals surface area contributed by atoms with Crippen LogP contribution < -0.4 is 20.7 Å². The van der Waals surface area contributed by atoms with Crippen LogP contribution in [0.15, 0.2) is 48.5 Å². The number of amides is 4.